The van der Waals surface area contributed by atoms with Crippen LogP contribution in [-0.4, -0.2) is 48.7 Å². The zero-order valence-corrected chi connectivity index (χ0v) is 14.2. The van der Waals surface area contributed by atoms with Crippen LogP contribution in [0.4, 0.5) is 0 Å². The van der Waals surface area contributed by atoms with Crippen LogP contribution in [0.25, 0.3) is 0 Å². The minimum atomic E-state index is -1.19. The van der Waals surface area contributed by atoms with Gasteiger partial charge in [0.15, 0.2) is 11.9 Å². The fraction of sp³-hybridized carbons (Fsp3) is 0.278. The summed E-state index contributed by atoms with van der Waals surface area (Å²) in [6.07, 6.45) is 0.429. The summed E-state index contributed by atoms with van der Waals surface area (Å²) in [7, 11) is 1.24. The number of carboxylic acids is 1. The molecule has 1 heterocycles. The molecule has 0 radical (unpaired) electrons. The summed E-state index contributed by atoms with van der Waals surface area (Å²) in [5, 5.41) is 14.1. The summed E-state index contributed by atoms with van der Waals surface area (Å²) in [6.45, 7) is -0.216. The largest absolute Gasteiger partial charge is 0.479 e. The molecule has 2 atom stereocenters. The van der Waals surface area contributed by atoms with Crippen LogP contribution in [0.2, 0.25) is 0 Å². The third-order valence-corrected chi connectivity index (χ3v) is 3.67. The lowest BCUT2D eigenvalue weighted by molar-refractivity contribution is -0.148. The summed E-state index contributed by atoms with van der Waals surface area (Å²) >= 11 is 0. The molecule has 138 valence electrons. The number of amides is 2. The van der Waals surface area contributed by atoms with Gasteiger partial charge in [0.05, 0.1) is 12.8 Å². The Morgan fingerprint density at radius 1 is 1.15 bits per heavy atom. The zero-order chi connectivity index (χ0) is 18.9. The highest BCUT2D eigenvalue weighted by molar-refractivity contribution is 5.95. The number of hydrogen-bond donors (Lipinski definition) is 3. The standard InChI is InChI=1S/C18H20N2O6/c1-25-15(18(23)24)11-19-16(21)13(10-12-6-3-2-4-7-12)20-17(22)14-8-5-9-26-14/h2-9,13,15H,10-11H2,1H3,(H,19,21)(H,20,22)(H,23,24). The number of methoxy groups -OCH3 is 1. The number of nitrogens with one attached hydrogen (secondary N) is 2. The number of aliphatic carboxylic acids is 1. The summed E-state index contributed by atoms with van der Waals surface area (Å²) in [4.78, 5) is 35.7. The predicted molar refractivity (Wildman–Crippen MR) is 91.6 cm³/mol. The van der Waals surface area contributed by atoms with E-state index in [0.29, 0.717) is 0 Å². The van der Waals surface area contributed by atoms with E-state index in [9.17, 15) is 14.4 Å². The van der Waals surface area contributed by atoms with Crippen molar-refractivity contribution < 1.29 is 28.6 Å². The van der Waals surface area contributed by atoms with Crippen molar-refractivity contribution in [2.24, 2.45) is 0 Å². The molecule has 26 heavy (non-hydrogen) atoms. The van der Waals surface area contributed by atoms with E-state index in [2.05, 4.69) is 10.6 Å². The average molecular weight is 360 g/mol. The van der Waals surface area contributed by atoms with Crippen molar-refractivity contribution in [2.75, 3.05) is 13.7 Å². The van der Waals surface area contributed by atoms with Crippen LogP contribution >= 0.6 is 0 Å². The first kappa shape index (κ1) is 19.2. The Balaban J connectivity index is 2.07. The SMILES string of the molecule is COC(CNC(=O)C(Cc1ccccc1)NC(=O)c1ccco1)C(=O)O. The van der Waals surface area contributed by atoms with E-state index >= 15 is 0 Å². The molecular formula is C18H20N2O6. The first-order valence-electron chi connectivity index (χ1n) is 7.93. The van der Waals surface area contributed by atoms with E-state index in [1.165, 1.54) is 19.4 Å². The number of furan rings is 1. The van der Waals surface area contributed by atoms with Crippen molar-refractivity contribution in [1.82, 2.24) is 10.6 Å². The van der Waals surface area contributed by atoms with E-state index in [1.54, 1.807) is 6.07 Å². The highest BCUT2D eigenvalue weighted by Crippen LogP contribution is 2.06. The van der Waals surface area contributed by atoms with Gasteiger partial charge in [-0.25, -0.2) is 4.79 Å². The summed E-state index contributed by atoms with van der Waals surface area (Å²) in [5.74, 6) is -2.16. The Hall–Kier alpha value is -3.13. The lowest BCUT2D eigenvalue weighted by Crippen LogP contribution is -2.50. The second-order valence-electron chi connectivity index (χ2n) is 5.50. The van der Waals surface area contributed by atoms with Crippen LogP contribution in [0.15, 0.2) is 53.1 Å². The number of hydrogen-bond acceptors (Lipinski definition) is 5. The first-order valence-corrected chi connectivity index (χ1v) is 7.93. The van der Waals surface area contributed by atoms with Crippen molar-refractivity contribution in [3.05, 3.63) is 60.1 Å². The highest BCUT2D eigenvalue weighted by atomic mass is 16.5. The Bertz CT molecular complexity index is 729. The van der Waals surface area contributed by atoms with E-state index in [1.807, 2.05) is 30.3 Å². The maximum Gasteiger partial charge on any atom is 0.334 e. The molecule has 8 nitrogen and oxygen atoms in total. The Kier molecular flexibility index (Phi) is 6.92. The zero-order valence-electron chi connectivity index (χ0n) is 14.2. The molecule has 3 N–H and O–H groups in total. The number of rotatable bonds is 9. The van der Waals surface area contributed by atoms with Gasteiger partial charge >= 0.3 is 5.97 Å². The number of carboxylic acid groups (broad SMARTS) is 1. The fourth-order valence-corrected chi connectivity index (χ4v) is 2.28. The Morgan fingerprint density at radius 3 is 2.46 bits per heavy atom. The topological polar surface area (TPSA) is 118 Å². The van der Waals surface area contributed by atoms with Gasteiger partial charge in [-0.3, -0.25) is 9.59 Å². The van der Waals surface area contributed by atoms with Crippen LogP contribution in [0.3, 0.4) is 0 Å². The van der Waals surface area contributed by atoms with Crippen LogP contribution in [0.1, 0.15) is 16.1 Å². The molecular weight excluding hydrogens is 340 g/mol. The van der Waals surface area contributed by atoms with Crippen LogP contribution in [-0.2, 0) is 20.7 Å². The molecule has 2 unspecified atom stereocenters. The van der Waals surface area contributed by atoms with Gasteiger partial charge in [-0.05, 0) is 17.7 Å². The molecule has 8 heteroatoms. The molecule has 0 bridgehead atoms. The molecule has 0 saturated carbocycles. The Labute approximate surface area is 150 Å². The predicted octanol–water partition coefficient (Wildman–Crippen LogP) is 0.836. The van der Waals surface area contributed by atoms with Crippen molar-refractivity contribution in [3.8, 4) is 0 Å². The van der Waals surface area contributed by atoms with Crippen molar-refractivity contribution in [3.63, 3.8) is 0 Å². The summed E-state index contributed by atoms with van der Waals surface area (Å²) < 4.78 is 9.82. The maximum atomic E-state index is 12.5. The smallest absolute Gasteiger partial charge is 0.334 e. The van der Waals surface area contributed by atoms with E-state index < -0.39 is 29.9 Å². The van der Waals surface area contributed by atoms with E-state index in [0.717, 1.165) is 5.56 Å². The summed E-state index contributed by atoms with van der Waals surface area (Å²) in [5.41, 5.74) is 0.842. The Morgan fingerprint density at radius 2 is 1.88 bits per heavy atom. The fourth-order valence-electron chi connectivity index (χ4n) is 2.28. The second kappa shape index (κ2) is 9.38. The quantitative estimate of drug-likeness (QED) is 0.610. The van der Waals surface area contributed by atoms with Crippen LogP contribution in [0, 0.1) is 0 Å². The molecule has 0 spiro atoms. The molecule has 2 rings (SSSR count). The van der Waals surface area contributed by atoms with Gasteiger partial charge in [-0.2, -0.15) is 0 Å². The maximum absolute atomic E-state index is 12.5. The third-order valence-electron chi connectivity index (χ3n) is 3.67. The molecule has 1 aromatic carbocycles. The van der Waals surface area contributed by atoms with Gasteiger partial charge < -0.3 is 24.9 Å². The third kappa shape index (κ3) is 5.45. The van der Waals surface area contributed by atoms with Gasteiger partial charge in [-0.1, -0.05) is 30.3 Å². The van der Waals surface area contributed by atoms with Gasteiger partial charge in [0.25, 0.3) is 5.91 Å². The normalized spacial score (nSPS) is 12.8. The van der Waals surface area contributed by atoms with Crippen LogP contribution < -0.4 is 10.6 Å². The van der Waals surface area contributed by atoms with Crippen molar-refractivity contribution in [1.29, 1.82) is 0 Å². The van der Waals surface area contributed by atoms with Gasteiger partial charge in [0, 0.05) is 13.5 Å². The van der Waals surface area contributed by atoms with Crippen molar-refractivity contribution in [2.45, 2.75) is 18.6 Å². The lowest BCUT2D eigenvalue weighted by Gasteiger charge is -2.19. The first-order chi connectivity index (χ1) is 12.5. The molecule has 1 aromatic heterocycles. The monoisotopic (exact) mass is 360 g/mol. The number of carbonyl (C=O) groups is 3. The minimum Gasteiger partial charge on any atom is -0.479 e. The van der Waals surface area contributed by atoms with Crippen molar-refractivity contribution >= 4 is 17.8 Å². The second-order valence-corrected chi connectivity index (χ2v) is 5.50. The molecule has 0 aliphatic rings. The van der Waals surface area contributed by atoms with E-state index in [-0.39, 0.29) is 18.7 Å². The summed E-state index contributed by atoms with van der Waals surface area (Å²) in [6, 6.07) is 11.3. The minimum absolute atomic E-state index is 0.0798. The lowest BCUT2D eigenvalue weighted by atomic mass is 10.0. The highest BCUT2D eigenvalue weighted by Gasteiger charge is 2.25. The average Bonchev–Trinajstić information content (AvgIpc) is 3.17. The van der Waals surface area contributed by atoms with Gasteiger partial charge in [-0.15, -0.1) is 0 Å². The van der Waals surface area contributed by atoms with Gasteiger partial charge in [0.1, 0.15) is 6.04 Å². The van der Waals surface area contributed by atoms with Crippen LogP contribution in [0.5, 0.6) is 0 Å². The molecule has 0 saturated heterocycles. The molecule has 0 aliphatic carbocycles. The number of ether oxygens (including phenoxy) is 1. The molecule has 2 aromatic rings. The molecule has 0 fully saturated rings. The molecule has 2 amide bonds. The number of carbonyl (C=O) groups excluding carboxylic acids is 2. The van der Waals surface area contributed by atoms with E-state index in [4.69, 9.17) is 14.3 Å². The molecule has 0 aliphatic heterocycles. The number of benzene rings is 1. The van der Waals surface area contributed by atoms with Gasteiger partial charge in [0.2, 0.25) is 5.91 Å².